The number of nitrogens with two attached hydrogens (primary N) is 1. The molecule has 0 aromatic heterocycles. The molecule has 2 aliphatic heterocycles. The molecule has 0 saturated carbocycles. The van der Waals surface area contributed by atoms with Crippen LogP contribution < -0.4 is 5.73 Å². The van der Waals surface area contributed by atoms with Crippen molar-refractivity contribution in [3.05, 3.63) is 0 Å². The van der Waals surface area contributed by atoms with Crippen molar-refractivity contribution in [2.45, 2.75) is 51.2 Å². The lowest BCUT2D eigenvalue weighted by molar-refractivity contribution is -0.135. The van der Waals surface area contributed by atoms with Gasteiger partial charge in [0.2, 0.25) is 5.91 Å². The predicted octanol–water partition coefficient (Wildman–Crippen LogP) is 1.87. The summed E-state index contributed by atoms with van der Waals surface area (Å²) < 4.78 is 5.72. The summed E-state index contributed by atoms with van der Waals surface area (Å²) in [6, 6.07) is 0.421. The van der Waals surface area contributed by atoms with E-state index >= 15 is 0 Å². The number of carbonyl (C=O) groups is 1. The van der Waals surface area contributed by atoms with Crippen molar-refractivity contribution >= 4 is 17.7 Å². The third kappa shape index (κ3) is 4.64. The monoisotopic (exact) mass is 300 g/mol. The van der Waals surface area contributed by atoms with Crippen LogP contribution in [0, 0.1) is 5.92 Å². The smallest absolute Gasteiger partial charge is 0.222 e. The molecular weight excluding hydrogens is 272 g/mol. The maximum Gasteiger partial charge on any atom is 0.222 e. The zero-order chi connectivity index (χ0) is 14.4. The molecule has 0 aromatic carbocycles. The first-order valence-electron chi connectivity index (χ1n) is 7.89. The summed E-state index contributed by atoms with van der Waals surface area (Å²) in [4.78, 5) is 14.7. The van der Waals surface area contributed by atoms with E-state index < -0.39 is 0 Å². The van der Waals surface area contributed by atoms with Gasteiger partial charge in [0, 0.05) is 31.4 Å². The lowest BCUT2D eigenvalue weighted by Crippen LogP contribution is -2.44. The van der Waals surface area contributed by atoms with Gasteiger partial charge in [0.05, 0.1) is 6.10 Å². The Labute approximate surface area is 126 Å². The number of thioether (sulfide) groups is 1. The first kappa shape index (κ1) is 16.1. The molecule has 2 fully saturated rings. The third-order valence-corrected chi connectivity index (χ3v) is 5.49. The van der Waals surface area contributed by atoms with Crippen LogP contribution in [-0.4, -0.2) is 54.2 Å². The Morgan fingerprint density at radius 1 is 1.50 bits per heavy atom. The van der Waals surface area contributed by atoms with Gasteiger partial charge in [0.1, 0.15) is 0 Å². The van der Waals surface area contributed by atoms with Gasteiger partial charge in [0.15, 0.2) is 0 Å². The van der Waals surface area contributed by atoms with E-state index in [0.29, 0.717) is 30.8 Å². The zero-order valence-electron chi connectivity index (χ0n) is 12.6. The maximum absolute atomic E-state index is 12.6. The number of hydrogen-bond donors (Lipinski definition) is 1. The Morgan fingerprint density at radius 2 is 2.35 bits per heavy atom. The second-order valence-electron chi connectivity index (χ2n) is 6.08. The topological polar surface area (TPSA) is 55.6 Å². The maximum atomic E-state index is 12.6. The second kappa shape index (κ2) is 8.25. The molecule has 2 saturated heterocycles. The van der Waals surface area contributed by atoms with Crippen molar-refractivity contribution in [1.82, 2.24) is 4.90 Å². The molecule has 2 heterocycles. The van der Waals surface area contributed by atoms with E-state index in [1.807, 2.05) is 11.8 Å². The summed E-state index contributed by atoms with van der Waals surface area (Å²) in [5, 5.41) is 0. The number of hydrogen-bond acceptors (Lipinski definition) is 4. The minimum atomic E-state index is 0.261. The van der Waals surface area contributed by atoms with Crippen LogP contribution in [-0.2, 0) is 9.53 Å². The molecule has 5 heteroatoms. The fraction of sp³-hybridized carbons (Fsp3) is 0.933. The quantitative estimate of drug-likeness (QED) is 0.780. The number of carbonyl (C=O) groups excluding carboxylic acids is 1. The summed E-state index contributed by atoms with van der Waals surface area (Å²) in [6.45, 7) is 4.43. The molecule has 3 atom stereocenters. The second-order valence-corrected chi connectivity index (χ2v) is 7.23. The fourth-order valence-electron chi connectivity index (χ4n) is 2.86. The highest BCUT2D eigenvalue weighted by Gasteiger charge is 2.30. The van der Waals surface area contributed by atoms with Gasteiger partial charge in [-0.15, -0.1) is 0 Å². The molecule has 3 unspecified atom stereocenters. The highest BCUT2D eigenvalue weighted by Crippen LogP contribution is 2.25. The van der Waals surface area contributed by atoms with Crippen LogP contribution in [0.2, 0.25) is 0 Å². The molecule has 4 nitrogen and oxygen atoms in total. The predicted molar refractivity (Wildman–Crippen MR) is 83.9 cm³/mol. The Kier molecular flexibility index (Phi) is 6.65. The first-order valence-corrected chi connectivity index (χ1v) is 9.05. The van der Waals surface area contributed by atoms with Crippen molar-refractivity contribution in [3.63, 3.8) is 0 Å². The molecule has 2 rings (SSSR count). The average Bonchev–Trinajstić information content (AvgIpc) is 3.14. The third-order valence-electron chi connectivity index (χ3n) is 4.34. The number of amides is 1. The van der Waals surface area contributed by atoms with E-state index in [0.717, 1.165) is 44.6 Å². The Hall–Kier alpha value is -0.260. The van der Waals surface area contributed by atoms with E-state index in [4.69, 9.17) is 10.5 Å². The number of rotatable bonds is 7. The van der Waals surface area contributed by atoms with Gasteiger partial charge >= 0.3 is 0 Å². The molecule has 0 spiro atoms. The van der Waals surface area contributed by atoms with Crippen LogP contribution in [0.5, 0.6) is 0 Å². The highest BCUT2D eigenvalue weighted by atomic mass is 32.2. The van der Waals surface area contributed by atoms with Crippen LogP contribution in [0.3, 0.4) is 0 Å². The van der Waals surface area contributed by atoms with Crippen LogP contribution in [0.1, 0.15) is 39.0 Å². The van der Waals surface area contributed by atoms with Gasteiger partial charge in [0.25, 0.3) is 0 Å². The lowest BCUT2D eigenvalue weighted by Gasteiger charge is -2.31. The molecular formula is C15H28N2O2S. The summed E-state index contributed by atoms with van der Waals surface area (Å²) in [6.07, 6.45) is 5.16. The van der Waals surface area contributed by atoms with Gasteiger partial charge in [-0.05, 0) is 43.9 Å². The standard InChI is InChI=1S/C15H28N2O2S/c1-12(9-16)4-5-15(18)17(13-6-8-20-11-13)10-14-3-2-7-19-14/h12-14H,2-11,16H2,1H3. The Morgan fingerprint density at radius 3 is 2.95 bits per heavy atom. The summed E-state index contributed by atoms with van der Waals surface area (Å²) in [5.74, 6) is 3.00. The van der Waals surface area contributed by atoms with Crippen molar-refractivity contribution in [1.29, 1.82) is 0 Å². The highest BCUT2D eigenvalue weighted by molar-refractivity contribution is 7.99. The number of ether oxygens (including phenoxy) is 1. The summed E-state index contributed by atoms with van der Waals surface area (Å²) in [7, 11) is 0. The molecule has 116 valence electrons. The first-order chi connectivity index (χ1) is 9.70. The Bertz CT molecular complexity index is 302. The van der Waals surface area contributed by atoms with E-state index in [-0.39, 0.29) is 6.10 Å². The van der Waals surface area contributed by atoms with E-state index in [1.54, 1.807) is 0 Å². The molecule has 2 aliphatic rings. The molecule has 2 N–H and O–H groups in total. The molecule has 0 aromatic rings. The van der Waals surface area contributed by atoms with Crippen molar-refractivity contribution in [2.24, 2.45) is 11.7 Å². The SMILES string of the molecule is CC(CN)CCC(=O)N(CC1CCCO1)C1CCSC1. The van der Waals surface area contributed by atoms with Crippen LogP contribution >= 0.6 is 11.8 Å². The normalized spacial score (nSPS) is 27.7. The number of nitrogens with zero attached hydrogens (tertiary/aromatic N) is 1. The van der Waals surface area contributed by atoms with Gasteiger partial charge < -0.3 is 15.4 Å². The Balaban J connectivity index is 1.88. The largest absolute Gasteiger partial charge is 0.376 e. The minimum absolute atomic E-state index is 0.261. The van der Waals surface area contributed by atoms with Crippen molar-refractivity contribution < 1.29 is 9.53 Å². The van der Waals surface area contributed by atoms with Crippen molar-refractivity contribution in [3.8, 4) is 0 Å². The zero-order valence-corrected chi connectivity index (χ0v) is 13.4. The molecule has 20 heavy (non-hydrogen) atoms. The van der Waals surface area contributed by atoms with Crippen molar-refractivity contribution in [2.75, 3.05) is 31.2 Å². The van der Waals surface area contributed by atoms with E-state index in [2.05, 4.69) is 11.8 Å². The van der Waals surface area contributed by atoms with Gasteiger partial charge in [-0.25, -0.2) is 0 Å². The van der Waals surface area contributed by atoms with Gasteiger partial charge in [-0.3, -0.25) is 4.79 Å². The molecule has 1 amide bonds. The van der Waals surface area contributed by atoms with E-state index in [9.17, 15) is 4.79 Å². The van der Waals surface area contributed by atoms with E-state index in [1.165, 1.54) is 5.75 Å². The minimum Gasteiger partial charge on any atom is -0.376 e. The van der Waals surface area contributed by atoms with Crippen LogP contribution in [0.15, 0.2) is 0 Å². The fourth-order valence-corrected chi connectivity index (χ4v) is 4.09. The molecule has 0 bridgehead atoms. The summed E-state index contributed by atoms with van der Waals surface area (Å²) >= 11 is 1.96. The van der Waals surface area contributed by atoms with Gasteiger partial charge in [-0.2, -0.15) is 11.8 Å². The molecule has 0 aliphatic carbocycles. The van der Waals surface area contributed by atoms with Gasteiger partial charge in [-0.1, -0.05) is 6.92 Å². The average molecular weight is 300 g/mol. The molecule has 0 radical (unpaired) electrons. The summed E-state index contributed by atoms with van der Waals surface area (Å²) in [5.41, 5.74) is 5.64. The van der Waals surface area contributed by atoms with Crippen LogP contribution in [0.4, 0.5) is 0 Å². The lowest BCUT2D eigenvalue weighted by atomic mass is 10.0. The van der Waals surface area contributed by atoms with Crippen LogP contribution in [0.25, 0.3) is 0 Å².